The lowest BCUT2D eigenvalue weighted by molar-refractivity contribution is -0.139. The minimum atomic E-state index is -0.674. The predicted octanol–water partition coefficient (Wildman–Crippen LogP) is 7.80. The zero-order valence-corrected chi connectivity index (χ0v) is 28.3. The molecule has 0 bridgehead atoms. The minimum absolute atomic E-state index is 0.0438. The van der Waals surface area contributed by atoms with Gasteiger partial charge in [0.05, 0.1) is 13.2 Å². The molecular weight excluding hydrogens is 624 g/mol. The molecule has 0 aliphatic carbocycles. The van der Waals surface area contributed by atoms with Crippen LogP contribution >= 0.6 is 0 Å². The number of hydrogen-bond acceptors (Lipinski definition) is 9. The Hall–Kier alpha value is -5.83. The maximum atomic E-state index is 14.2. The van der Waals surface area contributed by atoms with Crippen LogP contribution in [0.1, 0.15) is 50.9 Å². The monoisotopic (exact) mass is 664 g/mol. The second-order valence-corrected chi connectivity index (χ2v) is 11.7. The van der Waals surface area contributed by atoms with Crippen LogP contribution in [0.25, 0.3) is 22.3 Å². The highest BCUT2D eigenvalue weighted by Crippen LogP contribution is 2.32. The zero-order chi connectivity index (χ0) is 36.2. The van der Waals surface area contributed by atoms with Crippen molar-refractivity contribution < 1.29 is 42.9 Å². The van der Waals surface area contributed by atoms with Crippen molar-refractivity contribution >= 4 is 29.7 Å². The average Bonchev–Trinajstić information content (AvgIpc) is 3.07. The van der Waals surface area contributed by atoms with E-state index >= 15 is 0 Å². The molecule has 0 fully saturated rings. The molecule has 0 amide bonds. The molecule has 49 heavy (non-hydrogen) atoms. The number of esters is 4. The highest BCUT2D eigenvalue weighted by atomic mass is 16.5. The van der Waals surface area contributed by atoms with Gasteiger partial charge in [-0.05, 0) is 105 Å². The Morgan fingerprint density at radius 2 is 0.857 bits per heavy atom. The third kappa shape index (κ3) is 11.1. The van der Waals surface area contributed by atoms with Gasteiger partial charge in [0.15, 0.2) is 5.78 Å². The first-order valence-electron chi connectivity index (χ1n) is 15.5. The molecule has 0 N–H and O–H groups in total. The molecule has 3 aromatic rings. The van der Waals surface area contributed by atoms with E-state index in [2.05, 4.69) is 26.3 Å². The molecule has 0 saturated carbocycles. The second-order valence-electron chi connectivity index (χ2n) is 11.7. The normalized spacial score (nSPS) is 10.5. The van der Waals surface area contributed by atoms with Crippen molar-refractivity contribution in [2.75, 3.05) is 13.2 Å². The Morgan fingerprint density at radius 3 is 1.18 bits per heavy atom. The summed E-state index contributed by atoms with van der Waals surface area (Å²) in [6.07, 6.45) is 0.348. The first-order valence-corrected chi connectivity index (χ1v) is 15.5. The molecule has 3 aromatic carbocycles. The summed E-state index contributed by atoms with van der Waals surface area (Å²) in [5, 5.41) is 0. The van der Waals surface area contributed by atoms with Crippen molar-refractivity contribution in [3.8, 4) is 33.8 Å². The van der Waals surface area contributed by atoms with Crippen LogP contribution in [0, 0.1) is 5.92 Å². The Morgan fingerprint density at radius 1 is 0.510 bits per heavy atom. The number of benzene rings is 3. The van der Waals surface area contributed by atoms with Gasteiger partial charge in [0, 0.05) is 33.8 Å². The lowest BCUT2D eigenvalue weighted by Crippen LogP contribution is -2.21. The maximum Gasteiger partial charge on any atom is 0.338 e. The number of hydrogen-bond donors (Lipinski definition) is 0. The molecule has 254 valence electrons. The lowest BCUT2D eigenvalue weighted by Gasteiger charge is -2.18. The summed E-state index contributed by atoms with van der Waals surface area (Å²) in [5.41, 5.74) is 4.21. The lowest BCUT2D eigenvalue weighted by atomic mass is 9.88. The quantitative estimate of drug-likeness (QED) is 0.0653. The fourth-order valence-electron chi connectivity index (χ4n) is 4.40. The largest absolute Gasteiger partial charge is 0.462 e. The zero-order valence-electron chi connectivity index (χ0n) is 28.3. The van der Waals surface area contributed by atoms with Crippen LogP contribution in [-0.4, -0.2) is 42.9 Å². The van der Waals surface area contributed by atoms with E-state index in [-0.39, 0.29) is 54.1 Å². The van der Waals surface area contributed by atoms with E-state index in [0.29, 0.717) is 28.2 Å². The summed E-state index contributed by atoms with van der Waals surface area (Å²) in [4.78, 5) is 62.2. The van der Waals surface area contributed by atoms with Gasteiger partial charge in [-0.25, -0.2) is 19.2 Å². The Bertz CT molecular complexity index is 1670. The maximum absolute atomic E-state index is 14.2. The fourth-order valence-corrected chi connectivity index (χ4v) is 4.40. The molecule has 0 saturated heterocycles. The van der Waals surface area contributed by atoms with Crippen LogP contribution in [0.15, 0.2) is 115 Å². The van der Waals surface area contributed by atoms with Crippen LogP contribution in [0.3, 0.4) is 0 Å². The topological polar surface area (TPSA) is 122 Å². The summed E-state index contributed by atoms with van der Waals surface area (Å²) in [6.45, 7) is 20.5. The second kappa shape index (κ2) is 17.4. The van der Waals surface area contributed by atoms with Gasteiger partial charge in [-0.1, -0.05) is 50.6 Å². The van der Waals surface area contributed by atoms with Gasteiger partial charge in [-0.15, -0.1) is 0 Å². The van der Waals surface area contributed by atoms with Crippen molar-refractivity contribution in [3.63, 3.8) is 0 Å². The van der Waals surface area contributed by atoms with E-state index in [4.69, 9.17) is 18.9 Å². The van der Waals surface area contributed by atoms with E-state index < -0.39 is 29.8 Å². The highest BCUT2D eigenvalue weighted by Gasteiger charge is 2.23. The van der Waals surface area contributed by atoms with Crippen LogP contribution in [0.2, 0.25) is 0 Å². The summed E-state index contributed by atoms with van der Waals surface area (Å²) >= 11 is 0. The first kappa shape index (κ1) is 37.6. The Kier molecular flexibility index (Phi) is 13.3. The molecule has 0 spiro atoms. The van der Waals surface area contributed by atoms with Crippen molar-refractivity contribution in [3.05, 3.63) is 121 Å². The van der Waals surface area contributed by atoms with Gasteiger partial charge in [0.25, 0.3) is 0 Å². The highest BCUT2D eigenvalue weighted by molar-refractivity contribution is 6.00. The fraction of sp³-hybridized carbons (Fsp3) is 0.225. The van der Waals surface area contributed by atoms with Crippen LogP contribution in [0.5, 0.6) is 11.5 Å². The molecule has 0 aliphatic rings. The number of rotatable bonds is 16. The molecule has 0 aliphatic heterocycles. The number of Topliss-reactive ketones (excluding diaryl/α,β-unsaturated/α-hetero) is 1. The van der Waals surface area contributed by atoms with E-state index in [0.717, 1.165) is 11.1 Å². The van der Waals surface area contributed by atoms with Crippen LogP contribution in [-0.2, 0) is 28.7 Å². The molecule has 0 aromatic heterocycles. The SMILES string of the molecule is C=C(C)C(=O)OCCC(CCOC(=O)C(=C)C)C(=O)c1cc(-c2ccc(OC(=O)C(=C)C)cc2)cc(-c2ccc(OC(=O)C(=C)C)cc2)c1. The third-order valence-electron chi connectivity index (χ3n) is 7.18. The number of ketones is 1. The van der Waals surface area contributed by atoms with Gasteiger partial charge < -0.3 is 18.9 Å². The van der Waals surface area contributed by atoms with E-state index in [1.54, 1.807) is 74.5 Å². The Labute approximate surface area is 286 Å². The summed E-state index contributed by atoms with van der Waals surface area (Å²) in [5.74, 6) is -2.50. The summed E-state index contributed by atoms with van der Waals surface area (Å²) in [6, 6.07) is 19.0. The van der Waals surface area contributed by atoms with E-state index in [1.807, 2.05) is 6.07 Å². The van der Waals surface area contributed by atoms with Gasteiger partial charge >= 0.3 is 23.9 Å². The average molecular weight is 665 g/mol. The molecule has 9 nitrogen and oxygen atoms in total. The Balaban J connectivity index is 2.03. The van der Waals surface area contributed by atoms with Crippen molar-refractivity contribution in [2.45, 2.75) is 40.5 Å². The molecule has 0 heterocycles. The van der Waals surface area contributed by atoms with Crippen molar-refractivity contribution in [2.24, 2.45) is 5.92 Å². The van der Waals surface area contributed by atoms with Gasteiger partial charge in [-0.3, -0.25) is 4.79 Å². The minimum Gasteiger partial charge on any atom is -0.462 e. The molecule has 0 radical (unpaired) electrons. The number of ether oxygens (including phenoxy) is 4. The first-order chi connectivity index (χ1) is 23.2. The van der Waals surface area contributed by atoms with E-state index in [9.17, 15) is 24.0 Å². The van der Waals surface area contributed by atoms with E-state index in [1.165, 1.54) is 13.8 Å². The standard InChI is InChI=1S/C40H40O9/c1-24(2)37(42)46-19-17-30(18-20-47-38(43)25(3)4)36(41)33-22-31(28-9-13-34(14-10-28)48-39(44)26(5)6)21-32(23-33)29-11-15-35(16-12-29)49-40(45)27(7)8/h9-16,21-23,30H,1,3,5,7,17-20H2,2,4,6,8H3. The number of carbonyl (C=O) groups excluding carboxylic acids is 5. The van der Waals surface area contributed by atoms with Crippen LogP contribution in [0.4, 0.5) is 0 Å². The number of carbonyl (C=O) groups is 5. The van der Waals surface area contributed by atoms with Gasteiger partial charge in [-0.2, -0.15) is 0 Å². The molecular formula is C40H40O9. The molecule has 0 atom stereocenters. The van der Waals surface area contributed by atoms with Crippen molar-refractivity contribution in [1.82, 2.24) is 0 Å². The summed E-state index contributed by atoms with van der Waals surface area (Å²) in [7, 11) is 0. The van der Waals surface area contributed by atoms with Gasteiger partial charge in [0.1, 0.15) is 11.5 Å². The van der Waals surface area contributed by atoms with Crippen molar-refractivity contribution in [1.29, 1.82) is 0 Å². The molecule has 3 rings (SSSR count). The smallest absolute Gasteiger partial charge is 0.338 e. The van der Waals surface area contributed by atoms with Crippen LogP contribution < -0.4 is 9.47 Å². The predicted molar refractivity (Wildman–Crippen MR) is 187 cm³/mol. The third-order valence-corrected chi connectivity index (χ3v) is 7.18. The molecule has 0 unspecified atom stereocenters. The molecule has 9 heteroatoms. The van der Waals surface area contributed by atoms with Gasteiger partial charge in [0.2, 0.25) is 0 Å². The summed E-state index contributed by atoms with van der Waals surface area (Å²) < 4.78 is 21.2.